The Kier molecular flexibility index (Phi) is 3.55. The molecule has 2 heterocycles. The van der Waals surface area contributed by atoms with Crippen molar-refractivity contribution >= 4 is 11.6 Å². The summed E-state index contributed by atoms with van der Waals surface area (Å²) in [7, 11) is 1.83. The van der Waals surface area contributed by atoms with Crippen LogP contribution in [0.2, 0.25) is 0 Å². The lowest BCUT2D eigenvalue weighted by Crippen LogP contribution is -2.22. The van der Waals surface area contributed by atoms with Crippen molar-refractivity contribution in [2.45, 2.75) is 26.3 Å². The molecule has 1 unspecified atom stereocenters. The van der Waals surface area contributed by atoms with Gasteiger partial charge in [0, 0.05) is 18.3 Å². The number of amides is 1. The van der Waals surface area contributed by atoms with Crippen molar-refractivity contribution in [3.63, 3.8) is 0 Å². The second kappa shape index (κ2) is 5.37. The molecule has 0 spiro atoms. The summed E-state index contributed by atoms with van der Waals surface area (Å²) >= 11 is 0. The minimum atomic E-state index is 0.0973. The molecule has 1 atom stereocenters. The Hall–Kier alpha value is -2.07. The fraction of sp³-hybridized carbons (Fsp3) is 0.353. The average molecular weight is 284 g/mol. The summed E-state index contributed by atoms with van der Waals surface area (Å²) in [5.74, 6) is 1.08. The molecule has 1 aromatic carbocycles. The maximum absolute atomic E-state index is 11.8. The summed E-state index contributed by atoms with van der Waals surface area (Å²) in [4.78, 5) is 13.5. The number of furan rings is 1. The van der Waals surface area contributed by atoms with Gasteiger partial charge in [-0.1, -0.05) is 19.1 Å². The molecule has 0 fully saturated rings. The standard InChI is InChI=1S/C17H20N2O2/c1-4-18-17(14-7-8-21-11(14)2)12-5-6-15-13(9-12)10-16(20)19(15)3/h5-9,17-18H,4,10H2,1-3H3. The number of hydrogen-bond acceptors (Lipinski definition) is 3. The highest BCUT2D eigenvalue weighted by Crippen LogP contribution is 2.33. The van der Waals surface area contributed by atoms with Crippen molar-refractivity contribution in [2.75, 3.05) is 18.5 Å². The van der Waals surface area contributed by atoms with Gasteiger partial charge in [0.1, 0.15) is 5.76 Å². The maximum Gasteiger partial charge on any atom is 0.231 e. The molecule has 1 aliphatic heterocycles. The van der Waals surface area contributed by atoms with Crippen LogP contribution in [0.3, 0.4) is 0 Å². The van der Waals surface area contributed by atoms with Crippen molar-refractivity contribution < 1.29 is 9.21 Å². The van der Waals surface area contributed by atoms with E-state index in [4.69, 9.17) is 4.42 Å². The number of hydrogen-bond donors (Lipinski definition) is 1. The fourth-order valence-corrected chi connectivity index (χ4v) is 2.98. The normalized spacial score (nSPS) is 15.4. The number of aryl methyl sites for hydroxylation is 1. The molecule has 3 rings (SSSR count). The second-order valence-electron chi connectivity index (χ2n) is 5.44. The van der Waals surface area contributed by atoms with Gasteiger partial charge in [0.25, 0.3) is 0 Å². The molecule has 110 valence electrons. The summed E-state index contributed by atoms with van der Waals surface area (Å²) in [6.07, 6.45) is 2.21. The smallest absolute Gasteiger partial charge is 0.231 e. The average Bonchev–Trinajstić information content (AvgIpc) is 3.01. The first-order valence-corrected chi connectivity index (χ1v) is 7.28. The summed E-state index contributed by atoms with van der Waals surface area (Å²) < 4.78 is 5.44. The van der Waals surface area contributed by atoms with Crippen LogP contribution in [0.15, 0.2) is 34.9 Å². The Morgan fingerprint density at radius 3 is 2.86 bits per heavy atom. The lowest BCUT2D eigenvalue weighted by atomic mass is 9.96. The number of benzene rings is 1. The van der Waals surface area contributed by atoms with E-state index in [9.17, 15) is 4.79 Å². The molecule has 0 radical (unpaired) electrons. The summed E-state index contributed by atoms with van der Waals surface area (Å²) in [5.41, 5.74) is 4.43. The van der Waals surface area contributed by atoms with E-state index in [1.165, 1.54) is 5.56 Å². The minimum absolute atomic E-state index is 0.0973. The highest BCUT2D eigenvalue weighted by Gasteiger charge is 2.26. The van der Waals surface area contributed by atoms with Crippen LogP contribution in [0, 0.1) is 6.92 Å². The first-order chi connectivity index (χ1) is 10.1. The monoisotopic (exact) mass is 284 g/mol. The SMILES string of the molecule is CCNC(c1ccc2c(c1)CC(=O)N2C)c1ccoc1C. The number of rotatable bonds is 4. The lowest BCUT2D eigenvalue weighted by molar-refractivity contribution is -0.117. The quantitative estimate of drug-likeness (QED) is 0.939. The molecule has 4 nitrogen and oxygen atoms in total. The summed E-state index contributed by atoms with van der Waals surface area (Å²) in [5, 5.41) is 3.50. The van der Waals surface area contributed by atoms with Crippen molar-refractivity contribution in [1.82, 2.24) is 5.32 Å². The number of carbonyl (C=O) groups excluding carboxylic acids is 1. The third-order valence-corrected chi connectivity index (χ3v) is 4.13. The molecule has 0 saturated heterocycles. The molecule has 0 bridgehead atoms. The van der Waals surface area contributed by atoms with Gasteiger partial charge in [0.15, 0.2) is 0 Å². The molecular weight excluding hydrogens is 264 g/mol. The molecule has 1 aromatic heterocycles. The van der Waals surface area contributed by atoms with Crippen LogP contribution in [0.4, 0.5) is 5.69 Å². The highest BCUT2D eigenvalue weighted by atomic mass is 16.3. The van der Waals surface area contributed by atoms with Crippen molar-refractivity contribution in [1.29, 1.82) is 0 Å². The summed E-state index contributed by atoms with van der Waals surface area (Å²) in [6.45, 7) is 4.93. The first-order valence-electron chi connectivity index (χ1n) is 7.28. The molecule has 1 aliphatic rings. The number of anilines is 1. The van der Waals surface area contributed by atoms with Crippen LogP contribution in [-0.2, 0) is 11.2 Å². The second-order valence-corrected chi connectivity index (χ2v) is 5.44. The number of carbonyl (C=O) groups is 1. The van der Waals surface area contributed by atoms with E-state index in [1.807, 2.05) is 26.1 Å². The van der Waals surface area contributed by atoms with Gasteiger partial charge in [0.2, 0.25) is 5.91 Å². The zero-order valence-corrected chi connectivity index (χ0v) is 12.6. The Morgan fingerprint density at radius 1 is 1.38 bits per heavy atom. The van der Waals surface area contributed by atoms with Gasteiger partial charge in [-0.3, -0.25) is 4.79 Å². The van der Waals surface area contributed by atoms with Gasteiger partial charge in [-0.15, -0.1) is 0 Å². The topological polar surface area (TPSA) is 45.5 Å². The van der Waals surface area contributed by atoms with Crippen LogP contribution in [0.1, 0.15) is 35.4 Å². The van der Waals surface area contributed by atoms with Crippen LogP contribution in [0.25, 0.3) is 0 Å². The van der Waals surface area contributed by atoms with Crippen LogP contribution < -0.4 is 10.2 Å². The van der Waals surface area contributed by atoms with Gasteiger partial charge in [-0.2, -0.15) is 0 Å². The van der Waals surface area contributed by atoms with Crippen LogP contribution in [-0.4, -0.2) is 19.5 Å². The van der Waals surface area contributed by atoms with Crippen molar-refractivity contribution in [3.05, 3.63) is 53.0 Å². The zero-order chi connectivity index (χ0) is 15.0. The Balaban J connectivity index is 2.00. The van der Waals surface area contributed by atoms with Gasteiger partial charge in [-0.25, -0.2) is 0 Å². The molecule has 21 heavy (non-hydrogen) atoms. The number of nitrogens with zero attached hydrogens (tertiary/aromatic N) is 1. The molecule has 1 amide bonds. The number of likely N-dealkylation sites (N-methyl/N-ethyl adjacent to an activating group) is 1. The Labute approximate surface area is 124 Å². The van der Waals surface area contributed by atoms with Gasteiger partial charge >= 0.3 is 0 Å². The lowest BCUT2D eigenvalue weighted by Gasteiger charge is -2.19. The van der Waals surface area contributed by atoms with E-state index in [-0.39, 0.29) is 11.9 Å². The van der Waals surface area contributed by atoms with E-state index in [1.54, 1.807) is 11.2 Å². The predicted octanol–water partition coefficient (Wildman–Crippen LogP) is 2.81. The maximum atomic E-state index is 11.8. The van der Waals surface area contributed by atoms with Gasteiger partial charge in [-0.05, 0) is 36.7 Å². The molecule has 4 heteroatoms. The van der Waals surface area contributed by atoms with E-state index in [2.05, 4.69) is 24.4 Å². The number of nitrogens with one attached hydrogen (secondary N) is 1. The Bertz CT molecular complexity index is 675. The Morgan fingerprint density at radius 2 is 2.19 bits per heavy atom. The summed E-state index contributed by atoms with van der Waals surface area (Å²) in [6, 6.07) is 8.37. The van der Waals surface area contributed by atoms with Crippen LogP contribution >= 0.6 is 0 Å². The number of fused-ring (bicyclic) bond motifs is 1. The largest absolute Gasteiger partial charge is 0.469 e. The van der Waals surface area contributed by atoms with Crippen molar-refractivity contribution in [2.24, 2.45) is 0 Å². The van der Waals surface area contributed by atoms with Gasteiger partial charge < -0.3 is 14.6 Å². The third kappa shape index (κ3) is 2.36. The van der Waals surface area contributed by atoms with E-state index in [0.29, 0.717) is 6.42 Å². The predicted molar refractivity (Wildman–Crippen MR) is 82.5 cm³/mol. The first kappa shape index (κ1) is 13.9. The molecular formula is C17H20N2O2. The van der Waals surface area contributed by atoms with Crippen molar-refractivity contribution in [3.8, 4) is 0 Å². The fourth-order valence-electron chi connectivity index (χ4n) is 2.98. The van der Waals surface area contributed by atoms with Crippen LogP contribution in [0.5, 0.6) is 0 Å². The van der Waals surface area contributed by atoms with E-state index in [0.717, 1.165) is 29.1 Å². The van der Waals surface area contributed by atoms with E-state index < -0.39 is 0 Å². The molecule has 0 saturated carbocycles. The van der Waals surface area contributed by atoms with Gasteiger partial charge in [0.05, 0.1) is 18.7 Å². The zero-order valence-electron chi connectivity index (χ0n) is 12.6. The molecule has 1 N–H and O–H groups in total. The van der Waals surface area contributed by atoms with E-state index >= 15 is 0 Å². The highest BCUT2D eigenvalue weighted by molar-refractivity contribution is 6.00. The third-order valence-electron chi connectivity index (χ3n) is 4.13. The molecule has 0 aliphatic carbocycles. The minimum Gasteiger partial charge on any atom is -0.469 e. The molecule has 2 aromatic rings.